The molecule has 2 fully saturated rings. The maximum Gasteiger partial charge on any atom is -0.0381 e. The van der Waals surface area contributed by atoms with Crippen LogP contribution in [0.5, 0.6) is 0 Å². The summed E-state index contributed by atoms with van der Waals surface area (Å²) in [5.41, 5.74) is 0. The van der Waals surface area contributed by atoms with Gasteiger partial charge in [0.1, 0.15) is 0 Å². The van der Waals surface area contributed by atoms with E-state index in [0.29, 0.717) is 0 Å². The molecule has 2 atom stereocenters. The molecule has 94 valence electrons. The SMILES string of the molecule is CC1CCCC(C)CC(C2CCCCC2)C1. The monoisotopic (exact) mass is 222 g/mol. The molecule has 2 rings (SSSR count). The van der Waals surface area contributed by atoms with Crippen molar-refractivity contribution in [3.8, 4) is 0 Å². The third-order valence-electron chi connectivity index (χ3n) is 5.12. The van der Waals surface area contributed by atoms with Crippen LogP contribution >= 0.6 is 0 Å². The highest BCUT2D eigenvalue weighted by molar-refractivity contribution is 4.79. The van der Waals surface area contributed by atoms with Gasteiger partial charge in [-0.15, -0.1) is 0 Å². The molecule has 0 aromatic heterocycles. The Hall–Kier alpha value is 0. The van der Waals surface area contributed by atoms with Gasteiger partial charge >= 0.3 is 0 Å². The van der Waals surface area contributed by atoms with E-state index in [1.807, 2.05) is 0 Å². The summed E-state index contributed by atoms with van der Waals surface area (Å²) in [5, 5.41) is 0. The van der Waals surface area contributed by atoms with Crippen LogP contribution in [0.15, 0.2) is 0 Å². The molecule has 2 saturated carbocycles. The quantitative estimate of drug-likeness (QED) is 0.556. The van der Waals surface area contributed by atoms with Crippen molar-refractivity contribution in [3.05, 3.63) is 0 Å². The second-order valence-corrected chi connectivity index (χ2v) is 6.77. The van der Waals surface area contributed by atoms with Gasteiger partial charge in [-0.3, -0.25) is 0 Å². The molecule has 0 spiro atoms. The second-order valence-electron chi connectivity index (χ2n) is 6.77. The molecule has 0 aromatic carbocycles. The Labute approximate surface area is 102 Å². The molecule has 0 radical (unpaired) electrons. The first-order valence-corrected chi connectivity index (χ1v) is 7.75. The van der Waals surface area contributed by atoms with Gasteiger partial charge in [-0.2, -0.15) is 0 Å². The third kappa shape index (κ3) is 3.50. The number of hydrogen-bond donors (Lipinski definition) is 0. The van der Waals surface area contributed by atoms with Gasteiger partial charge in [0.2, 0.25) is 0 Å². The van der Waals surface area contributed by atoms with Crippen molar-refractivity contribution in [2.24, 2.45) is 23.7 Å². The first-order valence-electron chi connectivity index (χ1n) is 7.75. The van der Waals surface area contributed by atoms with Crippen molar-refractivity contribution in [1.29, 1.82) is 0 Å². The van der Waals surface area contributed by atoms with E-state index in [1.54, 1.807) is 12.8 Å². The van der Waals surface area contributed by atoms with E-state index in [4.69, 9.17) is 0 Å². The second kappa shape index (κ2) is 6.07. The van der Waals surface area contributed by atoms with E-state index >= 15 is 0 Å². The highest BCUT2D eigenvalue weighted by Gasteiger charge is 2.27. The van der Waals surface area contributed by atoms with Crippen LogP contribution in [-0.2, 0) is 0 Å². The first kappa shape index (κ1) is 12.5. The first-order chi connectivity index (χ1) is 7.75. The van der Waals surface area contributed by atoms with Gasteiger partial charge in [0.25, 0.3) is 0 Å². The van der Waals surface area contributed by atoms with E-state index < -0.39 is 0 Å². The lowest BCUT2D eigenvalue weighted by molar-refractivity contribution is 0.162. The van der Waals surface area contributed by atoms with E-state index in [-0.39, 0.29) is 0 Å². The topological polar surface area (TPSA) is 0 Å². The zero-order valence-electron chi connectivity index (χ0n) is 11.4. The Morgan fingerprint density at radius 1 is 0.562 bits per heavy atom. The van der Waals surface area contributed by atoms with Crippen LogP contribution in [0, 0.1) is 23.7 Å². The van der Waals surface area contributed by atoms with E-state index in [2.05, 4.69) is 13.8 Å². The van der Waals surface area contributed by atoms with Crippen LogP contribution in [0.2, 0.25) is 0 Å². The van der Waals surface area contributed by atoms with Crippen molar-refractivity contribution in [2.75, 3.05) is 0 Å². The molecule has 0 nitrogen and oxygen atoms in total. The Morgan fingerprint density at radius 3 is 1.69 bits per heavy atom. The molecule has 0 heterocycles. The summed E-state index contributed by atoms with van der Waals surface area (Å²) in [5.74, 6) is 4.17. The summed E-state index contributed by atoms with van der Waals surface area (Å²) in [7, 11) is 0. The molecule has 0 bridgehead atoms. The molecular formula is C16H30. The van der Waals surface area contributed by atoms with E-state index in [0.717, 1.165) is 23.7 Å². The van der Waals surface area contributed by atoms with Crippen molar-refractivity contribution >= 4 is 0 Å². The minimum absolute atomic E-state index is 0.999. The van der Waals surface area contributed by atoms with Crippen molar-refractivity contribution in [2.45, 2.75) is 78.1 Å². The molecule has 0 aliphatic heterocycles. The minimum Gasteiger partial charge on any atom is -0.0625 e. The predicted molar refractivity (Wildman–Crippen MR) is 71.5 cm³/mol. The van der Waals surface area contributed by atoms with Crippen LogP contribution in [0.4, 0.5) is 0 Å². The number of rotatable bonds is 1. The van der Waals surface area contributed by atoms with E-state index in [9.17, 15) is 0 Å². The van der Waals surface area contributed by atoms with Crippen molar-refractivity contribution in [1.82, 2.24) is 0 Å². The molecule has 2 aliphatic rings. The van der Waals surface area contributed by atoms with Gasteiger partial charge < -0.3 is 0 Å². The lowest BCUT2D eigenvalue weighted by atomic mass is 9.71. The normalized spacial score (nSPS) is 39.0. The smallest absolute Gasteiger partial charge is 0.0381 e. The predicted octanol–water partition coefficient (Wildman–Crippen LogP) is 5.42. The van der Waals surface area contributed by atoms with E-state index in [1.165, 1.54) is 51.4 Å². The van der Waals surface area contributed by atoms with Crippen LogP contribution in [0.1, 0.15) is 78.1 Å². The third-order valence-corrected chi connectivity index (χ3v) is 5.12. The Morgan fingerprint density at radius 2 is 1.12 bits per heavy atom. The zero-order chi connectivity index (χ0) is 11.4. The largest absolute Gasteiger partial charge is 0.0625 e. The lowest BCUT2D eigenvalue weighted by Gasteiger charge is -2.35. The van der Waals surface area contributed by atoms with Gasteiger partial charge in [-0.25, -0.2) is 0 Å². The average molecular weight is 222 g/mol. The fourth-order valence-electron chi connectivity index (χ4n) is 4.17. The summed E-state index contributed by atoms with van der Waals surface area (Å²) in [6.45, 7) is 4.98. The highest BCUT2D eigenvalue weighted by atomic mass is 14.3. The lowest BCUT2D eigenvalue weighted by Crippen LogP contribution is -2.24. The number of hydrogen-bond acceptors (Lipinski definition) is 0. The Kier molecular flexibility index (Phi) is 4.73. The molecule has 0 amide bonds. The van der Waals surface area contributed by atoms with Crippen LogP contribution in [0.25, 0.3) is 0 Å². The molecular weight excluding hydrogens is 192 g/mol. The van der Waals surface area contributed by atoms with Gasteiger partial charge in [0, 0.05) is 0 Å². The fraction of sp³-hybridized carbons (Fsp3) is 1.00. The molecule has 2 unspecified atom stereocenters. The summed E-state index contributed by atoms with van der Waals surface area (Å²) in [4.78, 5) is 0. The Balaban J connectivity index is 1.92. The highest BCUT2D eigenvalue weighted by Crippen LogP contribution is 2.39. The standard InChI is InChI=1S/C16H30/c1-13-7-6-8-14(2)12-16(11-13)15-9-4-3-5-10-15/h13-16H,3-12H2,1-2H3. The van der Waals surface area contributed by atoms with Crippen LogP contribution in [-0.4, -0.2) is 0 Å². The molecule has 0 aromatic rings. The zero-order valence-corrected chi connectivity index (χ0v) is 11.4. The molecule has 0 heteroatoms. The molecule has 16 heavy (non-hydrogen) atoms. The van der Waals surface area contributed by atoms with Crippen LogP contribution in [0.3, 0.4) is 0 Å². The molecule has 2 aliphatic carbocycles. The summed E-state index contributed by atoms with van der Waals surface area (Å²) >= 11 is 0. The van der Waals surface area contributed by atoms with Gasteiger partial charge in [-0.05, 0) is 36.5 Å². The van der Waals surface area contributed by atoms with Crippen molar-refractivity contribution < 1.29 is 0 Å². The maximum absolute atomic E-state index is 2.49. The van der Waals surface area contributed by atoms with Gasteiger partial charge in [0.05, 0.1) is 0 Å². The fourth-order valence-corrected chi connectivity index (χ4v) is 4.17. The van der Waals surface area contributed by atoms with Gasteiger partial charge in [-0.1, -0.05) is 65.2 Å². The molecule has 0 N–H and O–H groups in total. The Bertz CT molecular complexity index is 178. The van der Waals surface area contributed by atoms with Gasteiger partial charge in [0.15, 0.2) is 0 Å². The summed E-state index contributed by atoms with van der Waals surface area (Å²) in [6.07, 6.45) is 15.2. The summed E-state index contributed by atoms with van der Waals surface area (Å²) < 4.78 is 0. The minimum atomic E-state index is 0.999. The molecule has 0 saturated heterocycles. The van der Waals surface area contributed by atoms with Crippen LogP contribution < -0.4 is 0 Å². The summed E-state index contributed by atoms with van der Waals surface area (Å²) in [6, 6.07) is 0. The average Bonchev–Trinajstić information content (AvgIpc) is 2.27. The van der Waals surface area contributed by atoms with Crippen molar-refractivity contribution in [3.63, 3.8) is 0 Å². The maximum atomic E-state index is 2.49.